The molecule has 1 aromatic heterocycles. The fraction of sp³-hybridized carbons (Fsp3) is 0.0196. The molecule has 0 aliphatic heterocycles. The predicted octanol–water partition coefficient (Wildman–Crippen LogP) is 13.8. The number of benzene rings is 9. The maximum absolute atomic E-state index is 2.44. The van der Waals surface area contributed by atoms with Crippen molar-refractivity contribution in [2.45, 2.75) is 6.42 Å². The molecule has 0 radical (unpaired) electrons. The van der Waals surface area contributed by atoms with E-state index in [9.17, 15) is 0 Å². The summed E-state index contributed by atoms with van der Waals surface area (Å²) < 4.78 is 2.44. The summed E-state index contributed by atoms with van der Waals surface area (Å²) in [5.74, 6) is 0. The topological polar surface area (TPSA) is 8.17 Å². The minimum atomic E-state index is 0.989. The van der Waals surface area contributed by atoms with Gasteiger partial charge in [0.1, 0.15) is 0 Å². The zero-order chi connectivity index (χ0) is 34.9. The molecule has 0 saturated heterocycles. The van der Waals surface area contributed by atoms with Gasteiger partial charge in [0.15, 0.2) is 0 Å². The first-order valence-electron chi connectivity index (χ1n) is 18.4. The number of anilines is 3. The number of fused-ring (bicyclic) bond motifs is 8. The molecule has 1 aliphatic carbocycles. The van der Waals surface area contributed by atoms with Crippen LogP contribution in [0.15, 0.2) is 194 Å². The Morgan fingerprint density at radius 2 is 0.962 bits per heavy atom. The quantitative estimate of drug-likeness (QED) is 0.176. The highest BCUT2D eigenvalue weighted by atomic mass is 15.1. The molecule has 0 unspecified atom stereocenters. The third-order valence-electron chi connectivity index (χ3n) is 11.2. The van der Waals surface area contributed by atoms with E-state index in [4.69, 9.17) is 0 Å². The number of rotatable bonds is 5. The molecule has 0 N–H and O–H groups in total. The summed E-state index contributed by atoms with van der Waals surface area (Å²) in [5, 5.41) is 7.40. The molecular weight excluding hydrogens is 641 g/mol. The first-order valence-corrected chi connectivity index (χ1v) is 18.4. The molecule has 53 heavy (non-hydrogen) atoms. The molecule has 1 heterocycles. The lowest BCUT2D eigenvalue weighted by atomic mass is 9.93. The normalized spacial score (nSPS) is 12.1. The average Bonchev–Trinajstić information content (AvgIpc) is 3.77. The molecule has 0 bridgehead atoms. The molecule has 2 nitrogen and oxygen atoms in total. The largest absolute Gasteiger partial charge is 0.309 e. The van der Waals surface area contributed by atoms with Crippen LogP contribution in [0.3, 0.4) is 0 Å². The van der Waals surface area contributed by atoms with Gasteiger partial charge in [-0.3, -0.25) is 0 Å². The average molecular weight is 675 g/mol. The van der Waals surface area contributed by atoms with Crippen LogP contribution in [0.1, 0.15) is 11.1 Å². The number of aromatic nitrogens is 1. The summed E-state index contributed by atoms with van der Waals surface area (Å²) in [6, 6.07) is 71.2. The van der Waals surface area contributed by atoms with E-state index in [0.717, 1.165) is 29.2 Å². The van der Waals surface area contributed by atoms with Crippen LogP contribution in [0.4, 0.5) is 17.1 Å². The molecule has 0 fully saturated rings. The van der Waals surface area contributed by atoms with Gasteiger partial charge in [0.2, 0.25) is 0 Å². The second-order valence-electron chi connectivity index (χ2n) is 14.1. The zero-order valence-corrected chi connectivity index (χ0v) is 29.1. The first kappa shape index (κ1) is 29.8. The highest BCUT2D eigenvalue weighted by Crippen LogP contribution is 2.45. The van der Waals surface area contributed by atoms with Crippen LogP contribution >= 0.6 is 0 Å². The maximum Gasteiger partial charge on any atom is 0.0547 e. The van der Waals surface area contributed by atoms with Crippen LogP contribution in [0.5, 0.6) is 0 Å². The van der Waals surface area contributed by atoms with Crippen molar-refractivity contribution in [3.05, 3.63) is 205 Å². The monoisotopic (exact) mass is 674 g/mol. The minimum Gasteiger partial charge on any atom is -0.309 e. The first-order chi connectivity index (χ1) is 26.3. The number of hydrogen-bond donors (Lipinski definition) is 0. The summed E-state index contributed by atoms with van der Waals surface area (Å²) in [6.45, 7) is 0. The Hall–Kier alpha value is -6.90. The Morgan fingerprint density at radius 3 is 1.72 bits per heavy atom. The summed E-state index contributed by atoms with van der Waals surface area (Å²) in [5.41, 5.74) is 15.1. The highest BCUT2D eigenvalue weighted by molar-refractivity contribution is 6.11. The fourth-order valence-corrected chi connectivity index (χ4v) is 8.81. The standard InChI is InChI=1S/C51H34N2/c1-4-18-41-34(12-1)15-10-24-47(41)52(48-25-11-16-35-13-2-5-19-42(35)48)39-27-29-40(30-28-39)53-49-23-8-7-21-45(49)46-31-26-37(33-50(46)53)44-22-9-17-38-32-36-14-3-6-20-43(36)51(38)44/h1-31,33H,32H2. The minimum absolute atomic E-state index is 0.989. The van der Waals surface area contributed by atoms with Gasteiger partial charge in [0, 0.05) is 32.9 Å². The molecule has 2 heteroatoms. The van der Waals surface area contributed by atoms with Crippen molar-refractivity contribution in [3.63, 3.8) is 0 Å². The van der Waals surface area contributed by atoms with Crippen LogP contribution < -0.4 is 4.90 Å². The van der Waals surface area contributed by atoms with Crippen LogP contribution in [0, 0.1) is 0 Å². The van der Waals surface area contributed by atoms with E-state index in [-0.39, 0.29) is 0 Å². The SMILES string of the molecule is c1ccc2c(c1)Cc1cccc(-c3ccc4c5ccccc5n(-c5ccc(N(c6cccc7ccccc67)c6cccc7ccccc67)cc5)c4c3)c1-2. The zero-order valence-electron chi connectivity index (χ0n) is 29.1. The molecule has 10 aromatic rings. The third kappa shape index (κ3) is 4.66. The van der Waals surface area contributed by atoms with Gasteiger partial charge in [0.25, 0.3) is 0 Å². The second-order valence-corrected chi connectivity index (χ2v) is 14.1. The van der Waals surface area contributed by atoms with Gasteiger partial charge in [-0.1, -0.05) is 146 Å². The van der Waals surface area contributed by atoms with E-state index in [1.807, 2.05) is 0 Å². The molecule has 0 amide bonds. The Morgan fingerprint density at radius 1 is 0.396 bits per heavy atom. The van der Waals surface area contributed by atoms with Crippen LogP contribution in [-0.4, -0.2) is 4.57 Å². The smallest absolute Gasteiger partial charge is 0.0547 e. The molecule has 1 aliphatic rings. The van der Waals surface area contributed by atoms with Crippen molar-refractivity contribution >= 4 is 60.4 Å². The molecule has 248 valence electrons. The van der Waals surface area contributed by atoms with Crippen LogP contribution in [-0.2, 0) is 6.42 Å². The van der Waals surface area contributed by atoms with Crippen molar-refractivity contribution < 1.29 is 0 Å². The lowest BCUT2D eigenvalue weighted by Gasteiger charge is -2.28. The predicted molar refractivity (Wildman–Crippen MR) is 224 cm³/mol. The molecule has 0 saturated carbocycles. The van der Waals surface area contributed by atoms with Crippen LogP contribution in [0.2, 0.25) is 0 Å². The van der Waals surface area contributed by atoms with E-state index in [1.165, 1.54) is 76.7 Å². The molecule has 0 atom stereocenters. The van der Waals surface area contributed by atoms with Crippen molar-refractivity contribution in [1.82, 2.24) is 4.57 Å². The van der Waals surface area contributed by atoms with Gasteiger partial charge in [-0.05, 0) is 99.1 Å². The van der Waals surface area contributed by atoms with E-state index in [2.05, 4.69) is 204 Å². The van der Waals surface area contributed by atoms with Gasteiger partial charge in [0.05, 0.1) is 22.4 Å². The third-order valence-corrected chi connectivity index (χ3v) is 11.2. The second kappa shape index (κ2) is 11.8. The molecular formula is C51H34N2. The molecule has 11 rings (SSSR count). The van der Waals surface area contributed by atoms with Crippen molar-refractivity contribution in [2.24, 2.45) is 0 Å². The van der Waals surface area contributed by atoms with Crippen LogP contribution in [0.25, 0.3) is 71.3 Å². The molecule has 9 aromatic carbocycles. The van der Waals surface area contributed by atoms with E-state index >= 15 is 0 Å². The van der Waals surface area contributed by atoms with Crippen molar-refractivity contribution in [1.29, 1.82) is 0 Å². The highest BCUT2D eigenvalue weighted by Gasteiger charge is 2.23. The summed E-state index contributed by atoms with van der Waals surface area (Å²) in [6.07, 6.45) is 0.989. The lowest BCUT2D eigenvalue weighted by molar-refractivity contribution is 1.17. The molecule has 0 spiro atoms. The number of nitrogens with zero attached hydrogens (tertiary/aromatic N) is 2. The fourth-order valence-electron chi connectivity index (χ4n) is 8.81. The Labute approximate surface area is 308 Å². The van der Waals surface area contributed by atoms with Gasteiger partial charge in [-0.15, -0.1) is 0 Å². The summed E-state index contributed by atoms with van der Waals surface area (Å²) >= 11 is 0. The van der Waals surface area contributed by atoms with E-state index < -0.39 is 0 Å². The Balaban J connectivity index is 1.10. The Kier molecular flexibility index (Phi) is 6.65. The van der Waals surface area contributed by atoms with E-state index in [1.54, 1.807) is 0 Å². The van der Waals surface area contributed by atoms with Crippen molar-refractivity contribution in [2.75, 3.05) is 4.90 Å². The lowest BCUT2D eigenvalue weighted by Crippen LogP contribution is -2.11. The summed E-state index contributed by atoms with van der Waals surface area (Å²) in [7, 11) is 0. The van der Waals surface area contributed by atoms with Gasteiger partial charge < -0.3 is 9.47 Å². The van der Waals surface area contributed by atoms with Gasteiger partial charge >= 0.3 is 0 Å². The van der Waals surface area contributed by atoms with Gasteiger partial charge in [-0.2, -0.15) is 0 Å². The maximum atomic E-state index is 2.44. The Bertz CT molecular complexity index is 2950. The van der Waals surface area contributed by atoms with E-state index in [0.29, 0.717) is 0 Å². The summed E-state index contributed by atoms with van der Waals surface area (Å²) in [4.78, 5) is 2.42. The number of hydrogen-bond acceptors (Lipinski definition) is 1. The number of para-hydroxylation sites is 1. The van der Waals surface area contributed by atoms with Crippen molar-refractivity contribution in [3.8, 4) is 27.9 Å². The van der Waals surface area contributed by atoms with Gasteiger partial charge in [-0.25, -0.2) is 0 Å².